The minimum Gasteiger partial charge on any atom is -0.334 e. The van der Waals surface area contributed by atoms with Gasteiger partial charge in [-0.25, -0.2) is 13.9 Å². The molecule has 2 aromatic carbocycles. The topological polar surface area (TPSA) is 50.2 Å². The first-order valence-electron chi connectivity index (χ1n) is 9.06. The summed E-state index contributed by atoms with van der Waals surface area (Å²) in [5.74, 6) is -0.281. The molecule has 6 heteroatoms. The summed E-state index contributed by atoms with van der Waals surface area (Å²) < 4.78 is 15.0. The van der Waals surface area contributed by atoms with Gasteiger partial charge in [-0.1, -0.05) is 24.3 Å². The van der Waals surface area contributed by atoms with Gasteiger partial charge in [0, 0.05) is 13.1 Å². The molecule has 0 bridgehead atoms. The van der Waals surface area contributed by atoms with Crippen molar-refractivity contribution in [3.63, 3.8) is 0 Å². The molecule has 1 N–H and O–H groups in total. The van der Waals surface area contributed by atoms with Gasteiger partial charge in [0.2, 0.25) is 0 Å². The first-order chi connectivity index (χ1) is 13.1. The molecule has 27 heavy (non-hydrogen) atoms. The quantitative estimate of drug-likeness (QED) is 0.764. The van der Waals surface area contributed by atoms with Crippen LogP contribution in [0.4, 0.5) is 14.9 Å². The molecule has 0 aliphatic carbocycles. The minimum absolute atomic E-state index is 0.127. The van der Waals surface area contributed by atoms with Crippen LogP contribution in [0.25, 0.3) is 5.69 Å². The molecule has 2 heterocycles. The Bertz CT molecular complexity index is 965. The number of rotatable bonds is 3. The van der Waals surface area contributed by atoms with Gasteiger partial charge in [0.05, 0.1) is 23.3 Å². The van der Waals surface area contributed by atoms with Gasteiger partial charge in [-0.3, -0.25) is 4.90 Å². The maximum atomic E-state index is 13.2. The van der Waals surface area contributed by atoms with E-state index in [2.05, 4.69) is 10.4 Å². The molecule has 1 aromatic heterocycles. The smallest absolute Gasteiger partial charge is 0.322 e. The molecule has 0 saturated carbocycles. The van der Waals surface area contributed by atoms with E-state index in [1.54, 1.807) is 27.9 Å². The number of halogens is 1. The summed E-state index contributed by atoms with van der Waals surface area (Å²) >= 11 is 0. The van der Waals surface area contributed by atoms with Crippen LogP contribution in [0.1, 0.15) is 23.2 Å². The first kappa shape index (κ1) is 17.3. The van der Waals surface area contributed by atoms with Crippen molar-refractivity contribution in [2.75, 3.05) is 11.4 Å². The molecule has 4 rings (SSSR count). The van der Waals surface area contributed by atoms with Gasteiger partial charge in [0.15, 0.2) is 0 Å². The number of amides is 2. The molecule has 0 unspecified atom stereocenters. The largest absolute Gasteiger partial charge is 0.334 e. The third-order valence-corrected chi connectivity index (χ3v) is 4.94. The Balaban J connectivity index is 1.54. The molecule has 5 nitrogen and oxygen atoms in total. The summed E-state index contributed by atoms with van der Waals surface area (Å²) in [6, 6.07) is 14.1. The molecular formula is C21H21FN4O. The van der Waals surface area contributed by atoms with Crippen LogP contribution in [0, 0.1) is 12.7 Å². The maximum Gasteiger partial charge on any atom is 0.322 e. The monoisotopic (exact) mass is 364 g/mol. The number of carbonyl (C=O) groups excluding carboxylic acids is 1. The fourth-order valence-electron chi connectivity index (χ4n) is 3.44. The second-order valence-corrected chi connectivity index (χ2v) is 6.71. The summed E-state index contributed by atoms with van der Waals surface area (Å²) in [6.45, 7) is 3.18. The zero-order valence-corrected chi connectivity index (χ0v) is 15.2. The number of anilines is 1. The Morgan fingerprint density at radius 2 is 1.96 bits per heavy atom. The van der Waals surface area contributed by atoms with Crippen LogP contribution in [0.3, 0.4) is 0 Å². The number of nitrogens with zero attached hydrogens (tertiary/aromatic N) is 3. The number of aryl methyl sites for hydroxylation is 1. The van der Waals surface area contributed by atoms with Gasteiger partial charge in [-0.15, -0.1) is 0 Å². The molecule has 0 spiro atoms. The number of fused-ring (bicyclic) bond motifs is 1. The third-order valence-electron chi connectivity index (χ3n) is 4.94. The van der Waals surface area contributed by atoms with E-state index in [0.717, 1.165) is 41.0 Å². The van der Waals surface area contributed by atoms with Gasteiger partial charge in [-0.05, 0) is 55.2 Å². The van der Waals surface area contributed by atoms with E-state index >= 15 is 0 Å². The molecule has 2 amide bonds. The van der Waals surface area contributed by atoms with E-state index < -0.39 is 0 Å². The second kappa shape index (κ2) is 7.23. The Hall–Kier alpha value is -3.15. The SMILES string of the molecule is Cc1ccccc1CNC(=O)N1CCCc2c1cnn2-c1ccc(F)cc1. The fraction of sp³-hybridized carbons (Fsp3) is 0.238. The zero-order chi connectivity index (χ0) is 18.8. The molecule has 0 fully saturated rings. The Morgan fingerprint density at radius 3 is 2.74 bits per heavy atom. The lowest BCUT2D eigenvalue weighted by Gasteiger charge is -2.27. The van der Waals surface area contributed by atoms with Crippen LogP contribution in [0.15, 0.2) is 54.7 Å². The average molecular weight is 364 g/mol. The van der Waals surface area contributed by atoms with Crippen molar-refractivity contribution in [1.82, 2.24) is 15.1 Å². The lowest BCUT2D eigenvalue weighted by atomic mass is 10.1. The summed E-state index contributed by atoms with van der Waals surface area (Å²) in [5.41, 5.74) is 4.83. The number of carbonyl (C=O) groups is 1. The molecule has 1 aliphatic heterocycles. The van der Waals surface area contributed by atoms with Crippen LogP contribution in [-0.2, 0) is 13.0 Å². The maximum absolute atomic E-state index is 13.2. The fourth-order valence-corrected chi connectivity index (χ4v) is 3.44. The number of hydrogen-bond donors (Lipinski definition) is 1. The Kier molecular flexibility index (Phi) is 4.62. The van der Waals surface area contributed by atoms with Crippen LogP contribution in [0.5, 0.6) is 0 Å². The number of aromatic nitrogens is 2. The molecular weight excluding hydrogens is 343 g/mol. The van der Waals surface area contributed by atoms with E-state index in [9.17, 15) is 9.18 Å². The summed E-state index contributed by atoms with van der Waals surface area (Å²) in [6.07, 6.45) is 3.40. The van der Waals surface area contributed by atoms with Crippen LogP contribution in [0.2, 0.25) is 0 Å². The van der Waals surface area contributed by atoms with E-state index in [1.807, 2.05) is 31.2 Å². The average Bonchev–Trinajstić information content (AvgIpc) is 3.12. The highest BCUT2D eigenvalue weighted by atomic mass is 19.1. The summed E-state index contributed by atoms with van der Waals surface area (Å²) in [7, 11) is 0. The predicted molar refractivity (Wildman–Crippen MR) is 103 cm³/mol. The summed E-state index contributed by atoms with van der Waals surface area (Å²) in [5, 5.41) is 7.44. The summed E-state index contributed by atoms with van der Waals surface area (Å²) in [4.78, 5) is 14.5. The van der Waals surface area contributed by atoms with Crippen LogP contribution in [-0.4, -0.2) is 22.4 Å². The van der Waals surface area contributed by atoms with Crippen molar-refractivity contribution in [1.29, 1.82) is 0 Å². The van der Waals surface area contributed by atoms with E-state index in [0.29, 0.717) is 13.1 Å². The predicted octanol–water partition coefficient (Wildman–Crippen LogP) is 3.98. The second-order valence-electron chi connectivity index (χ2n) is 6.71. The highest BCUT2D eigenvalue weighted by Gasteiger charge is 2.26. The minimum atomic E-state index is -0.281. The molecule has 3 aromatic rings. The normalized spacial score (nSPS) is 13.3. The standard InChI is InChI=1S/C21H21FN4O/c1-15-5-2-3-6-16(15)13-23-21(27)25-12-4-7-19-20(25)14-24-26(19)18-10-8-17(22)9-11-18/h2-3,5-6,8-11,14H,4,7,12-13H2,1H3,(H,23,27). The van der Waals surface area contributed by atoms with Crippen LogP contribution >= 0.6 is 0 Å². The van der Waals surface area contributed by atoms with Gasteiger partial charge in [-0.2, -0.15) is 5.10 Å². The third kappa shape index (κ3) is 3.43. The van der Waals surface area contributed by atoms with Crippen molar-refractivity contribution >= 4 is 11.7 Å². The molecule has 0 saturated heterocycles. The Morgan fingerprint density at radius 1 is 1.19 bits per heavy atom. The number of benzene rings is 2. The van der Waals surface area contributed by atoms with Crippen molar-refractivity contribution in [2.24, 2.45) is 0 Å². The van der Waals surface area contributed by atoms with E-state index in [4.69, 9.17) is 0 Å². The molecule has 138 valence electrons. The lowest BCUT2D eigenvalue weighted by Crippen LogP contribution is -2.42. The Labute approximate surface area is 157 Å². The first-order valence-corrected chi connectivity index (χ1v) is 9.06. The van der Waals surface area contributed by atoms with Crippen molar-refractivity contribution in [3.05, 3.63) is 77.4 Å². The van der Waals surface area contributed by atoms with Crippen molar-refractivity contribution in [2.45, 2.75) is 26.3 Å². The van der Waals surface area contributed by atoms with Crippen molar-refractivity contribution < 1.29 is 9.18 Å². The van der Waals surface area contributed by atoms with Gasteiger partial charge >= 0.3 is 6.03 Å². The number of urea groups is 1. The van der Waals surface area contributed by atoms with Gasteiger partial charge in [0.1, 0.15) is 5.82 Å². The lowest BCUT2D eigenvalue weighted by molar-refractivity contribution is 0.245. The molecule has 0 atom stereocenters. The van der Waals surface area contributed by atoms with Gasteiger partial charge in [0.25, 0.3) is 0 Å². The number of nitrogens with one attached hydrogen (secondary N) is 1. The number of hydrogen-bond acceptors (Lipinski definition) is 2. The molecule has 0 radical (unpaired) electrons. The van der Waals surface area contributed by atoms with E-state index in [-0.39, 0.29) is 11.8 Å². The van der Waals surface area contributed by atoms with Gasteiger partial charge < -0.3 is 5.32 Å². The van der Waals surface area contributed by atoms with Crippen molar-refractivity contribution in [3.8, 4) is 5.69 Å². The molecule has 1 aliphatic rings. The highest BCUT2D eigenvalue weighted by molar-refractivity contribution is 5.93. The van der Waals surface area contributed by atoms with Crippen LogP contribution < -0.4 is 10.2 Å². The highest BCUT2D eigenvalue weighted by Crippen LogP contribution is 2.29. The zero-order valence-electron chi connectivity index (χ0n) is 15.2. The van der Waals surface area contributed by atoms with E-state index in [1.165, 1.54) is 12.1 Å².